The van der Waals surface area contributed by atoms with Gasteiger partial charge in [-0.1, -0.05) is 13.3 Å². The van der Waals surface area contributed by atoms with Gasteiger partial charge >= 0.3 is 6.18 Å². The second kappa shape index (κ2) is 6.81. The molecule has 2 aromatic rings. The molecule has 1 aliphatic heterocycles. The number of rotatable bonds is 5. The first-order chi connectivity index (χ1) is 11.9. The summed E-state index contributed by atoms with van der Waals surface area (Å²) in [4.78, 5) is 12.1. The van der Waals surface area contributed by atoms with Crippen molar-refractivity contribution >= 4 is 11.7 Å². The van der Waals surface area contributed by atoms with Crippen molar-refractivity contribution in [1.82, 2.24) is 15.1 Å². The van der Waals surface area contributed by atoms with Crippen LogP contribution in [0.5, 0.6) is 0 Å². The van der Waals surface area contributed by atoms with Crippen molar-refractivity contribution in [3.05, 3.63) is 35.9 Å². The minimum absolute atomic E-state index is 0.0343. The van der Waals surface area contributed by atoms with Gasteiger partial charge in [0.05, 0.1) is 12.3 Å². The van der Waals surface area contributed by atoms with Crippen LogP contribution < -0.4 is 10.6 Å². The van der Waals surface area contributed by atoms with Gasteiger partial charge in [-0.2, -0.15) is 18.3 Å². The number of carbonyl (C=O) groups is 1. The highest BCUT2D eigenvalue weighted by Crippen LogP contribution is 2.43. The molecule has 0 fully saturated rings. The van der Waals surface area contributed by atoms with Gasteiger partial charge in [-0.3, -0.25) is 4.79 Å². The van der Waals surface area contributed by atoms with Gasteiger partial charge in [-0.05, 0) is 18.6 Å². The molecule has 9 heteroatoms. The van der Waals surface area contributed by atoms with Crippen molar-refractivity contribution in [1.29, 1.82) is 0 Å². The Bertz CT molecular complexity index is 724. The molecule has 0 radical (unpaired) electrons. The Morgan fingerprint density at radius 2 is 2.32 bits per heavy atom. The van der Waals surface area contributed by atoms with E-state index in [0.717, 1.165) is 17.5 Å². The number of alkyl halides is 3. The molecule has 0 spiro atoms. The number of anilines is 1. The maximum absolute atomic E-state index is 13.5. The molecule has 0 saturated heterocycles. The first-order valence-corrected chi connectivity index (χ1v) is 8.14. The van der Waals surface area contributed by atoms with Crippen LogP contribution in [0.2, 0.25) is 0 Å². The highest BCUT2D eigenvalue weighted by molar-refractivity contribution is 5.93. The molecule has 25 heavy (non-hydrogen) atoms. The molecular formula is C16H19F3N4O2. The molecule has 2 aromatic heterocycles. The van der Waals surface area contributed by atoms with Crippen molar-refractivity contribution < 1.29 is 22.4 Å². The van der Waals surface area contributed by atoms with Crippen LogP contribution in [0.25, 0.3) is 0 Å². The van der Waals surface area contributed by atoms with E-state index >= 15 is 0 Å². The number of carbonyl (C=O) groups excluding carboxylic acids is 1. The van der Waals surface area contributed by atoms with E-state index in [1.807, 2.05) is 6.92 Å². The molecular weight excluding hydrogens is 337 g/mol. The van der Waals surface area contributed by atoms with Crippen LogP contribution in [0.1, 0.15) is 54.5 Å². The zero-order valence-electron chi connectivity index (χ0n) is 13.6. The molecule has 3 heterocycles. The minimum Gasteiger partial charge on any atom is -0.467 e. The number of nitrogens with one attached hydrogen (secondary N) is 2. The number of halogens is 3. The van der Waals surface area contributed by atoms with Crippen LogP contribution in [0.4, 0.5) is 19.0 Å². The van der Waals surface area contributed by atoms with Gasteiger partial charge in [-0.25, -0.2) is 4.68 Å². The first-order valence-electron chi connectivity index (χ1n) is 8.14. The van der Waals surface area contributed by atoms with Crippen molar-refractivity contribution in [3.63, 3.8) is 0 Å². The average molecular weight is 356 g/mol. The van der Waals surface area contributed by atoms with Crippen LogP contribution >= 0.6 is 0 Å². The van der Waals surface area contributed by atoms with E-state index in [4.69, 9.17) is 4.42 Å². The second-order valence-corrected chi connectivity index (χ2v) is 5.97. The summed E-state index contributed by atoms with van der Waals surface area (Å²) in [6.45, 7) is 2.44. The van der Waals surface area contributed by atoms with Crippen molar-refractivity contribution in [2.75, 3.05) is 11.9 Å². The number of aromatic nitrogens is 2. The molecule has 3 rings (SSSR count). The van der Waals surface area contributed by atoms with E-state index in [-0.39, 0.29) is 17.9 Å². The molecule has 136 valence electrons. The molecule has 0 aromatic carbocycles. The Morgan fingerprint density at radius 1 is 1.52 bits per heavy atom. The third kappa shape index (κ3) is 3.64. The van der Waals surface area contributed by atoms with Crippen LogP contribution in [0.3, 0.4) is 0 Å². The molecule has 1 aliphatic rings. The van der Waals surface area contributed by atoms with E-state index in [0.29, 0.717) is 12.3 Å². The predicted molar refractivity (Wildman–Crippen MR) is 84.2 cm³/mol. The Labute approximate surface area is 142 Å². The molecule has 6 nitrogen and oxygen atoms in total. The van der Waals surface area contributed by atoms with Crippen molar-refractivity contribution in [3.8, 4) is 0 Å². The fourth-order valence-electron chi connectivity index (χ4n) is 2.83. The summed E-state index contributed by atoms with van der Waals surface area (Å²) in [6.07, 6.45) is -1.63. The van der Waals surface area contributed by atoms with Gasteiger partial charge in [0.1, 0.15) is 11.6 Å². The highest BCUT2D eigenvalue weighted by Gasteiger charge is 2.47. The lowest BCUT2D eigenvalue weighted by atomic mass is 10.0. The monoisotopic (exact) mass is 356 g/mol. The Morgan fingerprint density at radius 3 is 2.96 bits per heavy atom. The highest BCUT2D eigenvalue weighted by atomic mass is 19.4. The van der Waals surface area contributed by atoms with Gasteiger partial charge in [0.25, 0.3) is 5.91 Å². The lowest BCUT2D eigenvalue weighted by Crippen LogP contribution is -2.35. The third-order valence-electron chi connectivity index (χ3n) is 4.13. The number of amides is 1. The van der Waals surface area contributed by atoms with E-state index in [1.165, 1.54) is 12.3 Å². The summed E-state index contributed by atoms with van der Waals surface area (Å²) in [6, 6.07) is 2.13. The largest absolute Gasteiger partial charge is 0.467 e. The quantitative estimate of drug-likeness (QED) is 0.802. The van der Waals surface area contributed by atoms with E-state index in [9.17, 15) is 18.0 Å². The maximum atomic E-state index is 13.5. The summed E-state index contributed by atoms with van der Waals surface area (Å²) < 4.78 is 46.5. The van der Waals surface area contributed by atoms with Gasteiger partial charge in [0, 0.05) is 19.0 Å². The number of fused-ring (bicyclic) bond motifs is 1. The summed E-state index contributed by atoms with van der Waals surface area (Å²) >= 11 is 0. The van der Waals surface area contributed by atoms with Gasteiger partial charge < -0.3 is 15.1 Å². The van der Waals surface area contributed by atoms with Crippen LogP contribution in [-0.2, 0) is 0 Å². The fraction of sp³-hybridized carbons (Fsp3) is 0.500. The summed E-state index contributed by atoms with van der Waals surface area (Å²) in [7, 11) is 0. The fourth-order valence-corrected chi connectivity index (χ4v) is 2.83. The number of hydrogen-bond donors (Lipinski definition) is 2. The van der Waals surface area contributed by atoms with Gasteiger partial charge in [0.15, 0.2) is 11.7 Å². The Hall–Kier alpha value is -2.45. The van der Waals surface area contributed by atoms with Crippen LogP contribution in [0.15, 0.2) is 28.9 Å². The molecule has 0 unspecified atom stereocenters. The Balaban J connectivity index is 1.87. The average Bonchev–Trinajstić information content (AvgIpc) is 3.22. The number of nitrogens with zero attached hydrogens (tertiary/aromatic N) is 2. The molecule has 0 aliphatic carbocycles. The molecule has 0 bridgehead atoms. The standard InChI is InChI=1S/C16H19F3N4O2/c1-2-3-6-20-15(24)11-9-14-21-10(12-5-4-7-25-12)8-13(16(17,18)19)23(14)22-11/h4-5,7,9-10,13,21H,2-3,6,8H2,1H3,(H,20,24)/t10-,13-/m0/s1. The lowest BCUT2D eigenvalue weighted by molar-refractivity contribution is -0.174. The number of unbranched alkanes of at least 4 members (excludes halogenated alkanes) is 1. The number of furan rings is 1. The van der Waals surface area contributed by atoms with E-state index in [1.54, 1.807) is 12.1 Å². The second-order valence-electron chi connectivity index (χ2n) is 5.97. The molecule has 1 amide bonds. The first kappa shape index (κ1) is 17.4. The summed E-state index contributed by atoms with van der Waals surface area (Å²) in [5.74, 6) is 0.0823. The van der Waals surface area contributed by atoms with Crippen molar-refractivity contribution in [2.24, 2.45) is 0 Å². The smallest absolute Gasteiger partial charge is 0.410 e. The predicted octanol–water partition coefficient (Wildman–Crippen LogP) is 3.67. The van der Waals surface area contributed by atoms with E-state index in [2.05, 4.69) is 15.7 Å². The van der Waals surface area contributed by atoms with Gasteiger partial charge in [-0.15, -0.1) is 0 Å². The lowest BCUT2D eigenvalue weighted by Gasteiger charge is -2.32. The van der Waals surface area contributed by atoms with Crippen LogP contribution in [0, 0.1) is 0 Å². The maximum Gasteiger partial charge on any atom is 0.410 e. The zero-order chi connectivity index (χ0) is 18.0. The molecule has 2 N–H and O–H groups in total. The summed E-state index contributed by atoms with van der Waals surface area (Å²) in [5.41, 5.74) is -0.0343. The van der Waals surface area contributed by atoms with Crippen LogP contribution in [-0.4, -0.2) is 28.4 Å². The van der Waals surface area contributed by atoms with Gasteiger partial charge in [0.2, 0.25) is 0 Å². The molecule has 2 atom stereocenters. The summed E-state index contributed by atoms with van der Waals surface area (Å²) in [5, 5.41) is 9.51. The topological polar surface area (TPSA) is 72.1 Å². The third-order valence-corrected chi connectivity index (χ3v) is 4.13. The Kier molecular flexibility index (Phi) is 4.73. The van der Waals surface area contributed by atoms with Crippen molar-refractivity contribution in [2.45, 2.75) is 44.4 Å². The zero-order valence-corrected chi connectivity index (χ0v) is 13.6. The van der Waals surface area contributed by atoms with E-state index < -0.39 is 24.2 Å². The molecule has 0 saturated carbocycles. The normalized spacial score (nSPS) is 20.0. The SMILES string of the molecule is CCCCNC(=O)c1cc2n(n1)[C@H](C(F)(F)F)C[C@@H](c1ccco1)N2. The minimum atomic E-state index is -4.48. The number of hydrogen-bond acceptors (Lipinski definition) is 4.